The minimum atomic E-state index is -0.429. The van der Waals surface area contributed by atoms with Crippen molar-refractivity contribution >= 4 is 6.09 Å². The van der Waals surface area contributed by atoms with E-state index < -0.39 is 5.60 Å². The van der Waals surface area contributed by atoms with Crippen LogP contribution in [0, 0.1) is 0 Å². The second-order valence-electron chi connectivity index (χ2n) is 4.49. The van der Waals surface area contributed by atoms with E-state index in [2.05, 4.69) is 11.9 Å². The van der Waals surface area contributed by atoms with Gasteiger partial charge in [-0.1, -0.05) is 6.08 Å². The number of carbonyl (C=O) groups excluding carboxylic acids is 1. The van der Waals surface area contributed by atoms with Gasteiger partial charge in [-0.15, -0.1) is 6.58 Å². The van der Waals surface area contributed by atoms with Crippen LogP contribution in [0.15, 0.2) is 12.7 Å². The van der Waals surface area contributed by atoms with E-state index in [1.54, 1.807) is 6.08 Å². The fourth-order valence-corrected chi connectivity index (χ4v) is 1.02. The SMILES string of the molecule is C=CC1(NC(=O)OC(C)(C)C)CC1. The molecule has 3 nitrogen and oxygen atoms in total. The summed E-state index contributed by atoms with van der Waals surface area (Å²) in [4.78, 5) is 11.3. The molecule has 1 fully saturated rings. The molecule has 0 aromatic rings. The smallest absolute Gasteiger partial charge is 0.408 e. The van der Waals surface area contributed by atoms with Crippen molar-refractivity contribution in [1.82, 2.24) is 5.32 Å². The van der Waals surface area contributed by atoms with Crippen LogP contribution in [0.1, 0.15) is 33.6 Å². The molecular formula is C10H17NO2. The molecule has 1 rings (SSSR count). The van der Waals surface area contributed by atoms with Crippen LogP contribution in [0.4, 0.5) is 4.79 Å². The maximum Gasteiger partial charge on any atom is 0.408 e. The molecule has 0 bridgehead atoms. The van der Waals surface area contributed by atoms with Crippen LogP contribution in [0.5, 0.6) is 0 Å². The lowest BCUT2D eigenvalue weighted by Crippen LogP contribution is -2.39. The largest absolute Gasteiger partial charge is 0.444 e. The Kier molecular flexibility index (Phi) is 2.37. The van der Waals surface area contributed by atoms with Gasteiger partial charge >= 0.3 is 6.09 Å². The van der Waals surface area contributed by atoms with Crippen molar-refractivity contribution in [3.63, 3.8) is 0 Å². The summed E-state index contributed by atoms with van der Waals surface area (Å²) in [6.45, 7) is 9.22. The van der Waals surface area contributed by atoms with Crippen molar-refractivity contribution in [1.29, 1.82) is 0 Å². The quantitative estimate of drug-likeness (QED) is 0.667. The first-order chi connectivity index (χ1) is 5.87. The Morgan fingerprint density at radius 2 is 2.08 bits per heavy atom. The third-order valence-electron chi connectivity index (χ3n) is 1.93. The number of carbonyl (C=O) groups is 1. The molecule has 0 aromatic heterocycles. The van der Waals surface area contributed by atoms with E-state index in [9.17, 15) is 4.79 Å². The zero-order chi connectivity index (χ0) is 10.1. The number of nitrogens with one attached hydrogen (secondary N) is 1. The summed E-state index contributed by atoms with van der Waals surface area (Å²) in [6.07, 6.45) is 3.35. The van der Waals surface area contributed by atoms with Crippen molar-refractivity contribution in [3.8, 4) is 0 Å². The van der Waals surface area contributed by atoms with Crippen LogP contribution in [0.2, 0.25) is 0 Å². The van der Waals surface area contributed by atoms with Crippen molar-refractivity contribution in [2.24, 2.45) is 0 Å². The zero-order valence-electron chi connectivity index (χ0n) is 8.52. The minimum Gasteiger partial charge on any atom is -0.444 e. The molecule has 1 aliphatic carbocycles. The molecule has 1 aliphatic rings. The predicted octanol–water partition coefficient (Wildman–Crippen LogP) is 2.23. The highest BCUT2D eigenvalue weighted by molar-refractivity contribution is 5.70. The molecule has 0 unspecified atom stereocenters. The normalized spacial score (nSPS) is 19.0. The van der Waals surface area contributed by atoms with Crippen molar-refractivity contribution in [2.75, 3.05) is 0 Å². The van der Waals surface area contributed by atoms with Gasteiger partial charge in [0.1, 0.15) is 5.60 Å². The van der Waals surface area contributed by atoms with E-state index >= 15 is 0 Å². The third kappa shape index (κ3) is 3.09. The highest BCUT2D eigenvalue weighted by atomic mass is 16.6. The summed E-state index contributed by atoms with van der Waals surface area (Å²) >= 11 is 0. The minimum absolute atomic E-state index is 0.178. The first-order valence-corrected chi connectivity index (χ1v) is 4.52. The lowest BCUT2D eigenvalue weighted by molar-refractivity contribution is 0.0509. The molecule has 0 radical (unpaired) electrons. The zero-order valence-corrected chi connectivity index (χ0v) is 8.52. The van der Waals surface area contributed by atoms with Crippen LogP contribution >= 0.6 is 0 Å². The van der Waals surface area contributed by atoms with Gasteiger partial charge < -0.3 is 10.1 Å². The molecule has 1 amide bonds. The van der Waals surface area contributed by atoms with Crippen molar-refractivity contribution in [3.05, 3.63) is 12.7 Å². The number of amides is 1. The first kappa shape index (κ1) is 10.1. The first-order valence-electron chi connectivity index (χ1n) is 4.52. The number of hydrogen-bond acceptors (Lipinski definition) is 2. The molecular weight excluding hydrogens is 166 g/mol. The van der Waals surface area contributed by atoms with Crippen molar-refractivity contribution < 1.29 is 9.53 Å². The van der Waals surface area contributed by atoms with Crippen LogP contribution in [-0.4, -0.2) is 17.2 Å². The Labute approximate surface area is 79.2 Å². The highest BCUT2D eigenvalue weighted by Gasteiger charge is 2.41. The summed E-state index contributed by atoms with van der Waals surface area (Å²) in [5.41, 5.74) is -0.607. The average molecular weight is 183 g/mol. The fraction of sp³-hybridized carbons (Fsp3) is 0.700. The fourth-order valence-electron chi connectivity index (χ4n) is 1.02. The van der Waals surface area contributed by atoms with Gasteiger partial charge in [0.15, 0.2) is 0 Å². The van der Waals surface area contributed by atoms with Crippen LogP contribution in [-0.2, 0) is 4.74 Å². The molecule has 1 saturated carbocycles. The molecule has 0 aromatic carbocycles. The van der Waals surface area contributed by atoms with Gasteiger partial charge in [0.05, 0.1) is 5.54 Å². The van der Waals surface area contributed by atoms with Gasteiger partial charge in [-0.3, -0.25) is 0 Å². The number of rotatable bonds is 2. The van der Waals surface area contributed by atoms with E-state index in [-0.39, 0.29) is 11.6 Å². The Balaban J connectivity index is 2.38. The van der Waals surface area contributed by atoms with Gasteiger partial charge in [-0.25, -0.2) is 4.79 Å². The van der Waals surface area contributed by atoms with Gasteiger partial charge in [-0.2, -0.15) is 0 Å². The average Bonchev–Trinajstić information content (AvgIpc) is 2.65. The van der Waals surface area contributed by atoms with E-state index in [1.165, 1.54) is 0 Å². The molecule has 0 aliphatic heterocycles. The topological polar surface area (TPSA) is 38.3 Å². The Morgan fingerprint density at radius 1 is 1.54 bits per heavy atom. The van der Waals surface area contributed by atoms with E-state index in [4.69, 9.17) is 4.74 Å². The molecule has 1 N–H and O–H groups in total. The van der Waals surface area contributed by atoms with E-state index in [0.29, 0.717) is 0 Å². The molecule has 13 heavy (non-hydrogen) atoms. The van der Waals surface area contributed by atoms with Crippen LogP contribution < -0.4 is 5.32 Å². The van der Waals surface area contributed by atoms with Gasteiger partial charge in [0, 0.05) is 0 Å². The summed E-state index contributed by atoms with van der Waals surface area (Å²) < 4.78 is 5.12. The molecule has 0 heterocycles. The molecule has 74 valence electrons. The Bertz CT molecular complexity index is 224. The highest BCUT2D eigenvalue weighted by Crippen LogP contribution is 2.36. The lowest BCUT2D eigenvalue weighted by atomic mass is 10.2. The number of alkyl carbamates (subject to hydrolysis) is 1. The molecule has 0 spiro atoms. The monoisotopic (exact) mass is 183 g/mol. The lowest BCUT2D eigenvalue weighted by Gasteiger charge is -2.21. The third-order valence-corrected chi connectivity index (χ3v) is 1.93. The van der Waals surface area contributed by atoms with Crippen molar-refractivity contribution in [2.45, 2.75) is 44.8 Å². The Morgan fingerprint density at radius 3 is 2.38 bits per heavy atom. The van der Waals surface area contributed by atoms with E-state index in [1.807, 2.05) is 20.8 Å². The number of ether oxygens (including phenoxy) is 1. The summed E-state index contributed by atoms with van der Waals surface area (Å²) in [6, 6.07) is 0. The predicted molar refractivity (Wildman–Crippen MR) is 51.5 cm³/mol. The van der Waals surface area contributed by atoms with Gasteiger partial charge in [0.25, 0.3) is 0 Å². The molecule has 3 heteroatoms. The maximum absolute atomic E-state index is 11.3. The number of hydrogen-bond donors (Lipinski definition) is 1. The van der Waals surface area contributed by atoms with Gasteiger partial charge in [-0.05, 0) is 33.6 Å². The maximum atomic E-state index is 11.3. The second kappa shape index (κ2) is 3.05. The van der Waals surface area contributed by atoms with Crippen LogP contribution in [0.3, 0.4) is 0 Å². The molecule has 0 atom stereocenters. The van der Waals surface area contributed by atoms with E-state index in [0.717, 1.165) is 12.8 Å². The van der Waals surface area contributed by atoms with Gasteiger partial charge in [0.2, 0.25) is 0 Å². The van der Waals surface area contributed by atoms with Crippen LogP contribution in [0.25, 0.3) is 0 Å². The summed E-state index contributed by atoms with van der Waals surface area (Å²) in [5, 5.41) is 2.79. The Hall–Kier alpha value is -0.990. The summed E-state index contributed by atoms with van der Waals surface area (Å²) in [7, 11) is 0. The molecule has 0 saturated heterocycles. The standard InChI is InChI=1S/C10H17NO2/c1-5-10(6-7-10)11-8(12)13-9(2,3)4/h5H,1,6-7H2,2-4H3,(H,11,12). The second-order valence-corrected chi connectivity index (χ2v) is 4.49. The summed E-state index contributed by atoms with van der Waals surface area (Å²) in [5.74, 6) is 0.